The van der Waals surface area contributed by atoms with Crippen molar-refractivity contribution in [3.8, 4) is 0 Å². The first kappa shape index (κ1) is 20.5. The maximum atomic E-state index is 10.3. The van der Waals surface area contributed by atoms with Gasteiger partial charge in [0.2, 0.25) is 0 Å². The molecule has 30 heavy (non-hydrogen) atoms. The highest BCUT2D eigenvalue weighted by atomic mass is 16.5. The van der Waals surface area contributed by atoms with Gasteiger partial charge in [0.05, 0.1) is 12.2 Å². The van der Waals surface area contributed by atoms with E-state index in [-0.39, 0.29) is 11.8 Å². The monoisotopic (exact) mass is 415 g/mol. The van der Waals surface area contributed by atoms with Gasteiger partial charge in [0.25, 0.3) is 0 Å². The topological polar surface area (TPSA) is 41.5 Å². The zero-order valence-corrected chi connectivity index (χ0v) is 19.8. The second kappa shape index (κ2) is 6.70. The van der Waals surface area contributed by atoms with Crippen LogP contribution in [-0.4, -0.2) is 29.6 Å². The van der Waals surface area contributed by atoms with Gasteiger partial charge in [-0.05, 0) is 111 Å². The molecule has 0 aromatic carbocycles. The minimum Gasteiger partial charge on any atom is -0.393 e. The minimum atomic E-state index is -0.0320. The Labute approximate surface area is 184 Å². The second-order valence-corrected chi connectivity index (χ2v) is 13.3. The van der Waals surface area contributed by atoms with Gasteiger partial charge in [0, 0.05) is 12.5 Å². The molecule has 4 aliphatic carbocycles. The normalized spacial score (nSPS) is 62.5. The molecule has 12 atom stereocenters. The van der Waals surface area contributed by atoms with Gasteiger partial charge in [-0.25, -0.2) is 0 Å². The number of piperidine rings is 1. The van der Waals surface area contributed by atoms with E-state index in [4.69, 9.17) is 4.74 Å². The van der Waals surface area contributed by atoms with Crippen LogP contribution < -0.4 is 5.32 Å². The van der Waals surface area contributed by atoms with E-state index in [1.54, 1.807) is 0 Å². The molecule has 0 bridgehead atoms. The molecule has 6 rings (SSSR count). The minimum absolute atomic E-state index is 0.0319. The number of aliphatic hydroxyl groups is 1. The molecule has 2 heterocycles. The number of aliphatic hydroxyl groups excluding tert-OH is 1. The van der Waals surface area contributed by atoms with E-state index in [9.17, 15) is 5.11 Å². The van der Waals surface area contributed by atoms with Crippen molar-refractivity contribution in [3.05, 3.63) is 0 Å². The average Bonchev–Trinajstić information content (AvgIpc) is 3.16. The smallest absolute Gasteiger partial charge is 0.122 e. The van der Waals surface area contributed by atoms with Crippen LogP contribution in [0.3, 0.4) is 0 Å². The van der Waals surface area contributed by atoms with Crippen LogP contribution in [0.1, 0.15) is 91.9 Å². The number of rotatable bonds is 0. The predicted octanol–water partition coefficient (Wildman–Crippen LogP) is 5.37. The summed E-state index contributed by atoms with van der Waals surface area (Å²) >= 11 is 0. The van der Waals surface area contributed by atoms with Gasteiger partial charge in [0.15, 0.2) is 0 Å². The molecule has 0 aromatic heterocycles. The number of hydrogen-bond donors (Lipinski definition) is 2. The van der Waals surface area contributed by atoms with Gasteiger partial charge in [-0.1, -0.05) is 27.7 Å². The molecule has 2 aliphatic heterocycles. The molecule has 4 saturated carbocycles. The summed E-state index contributed by atoms with van der Waals surface area (Å²) in [5, 5.41) is 14.2. The third kappa shape index (κ3) is 2.61. The van der Waals surface area contributed by atoms with Crippen LogP contribution in [-0.2, 0) is 4.74 Å². The molecule has 2 N–H and O–H groups in total. The van der Waals surface area contributed by atoms with Crippen LogP contribution in [0.25, 0.3) is 0 Å². The largest absolute Gasteiger partial charge is 0.393 e. The summed E-state index contributed by atoms with van der Waals surface area (Å²) in [6.45, 7) is 11.3. The molecule has 0 aromatic rings. The maximum absolute atomic E-state index is 10.3. The van der Waals surface area contributed by atoms with Gasteiger partial charge in [-0.2, -0.15) is 0 Å². The molecule has 0 radical (unpaired) electrons. The Bertz CT molecular complexity index is 686. The average molecular weight is 416 g/mol. The fourth-order valence-electron chi connectivity index (χ4n) is 10.4. The Morgan fingerprint density at radius 2 is 1.67 bits per heavy atom. The first-order valence-electron chi connectivity index (χ1n) is 13.4. The molecule has 3 heteroatoms. The summed E-state index contributed by atoms with van der Waals surface area (Å²) in [7, 11) is 0. The molecule has 3 nitrogen and oxygen atoms in total. The van der Waals surface area contributed by atoms with Crippen molar-refractivity contribution in [2.24, 2.45) is 52.3 Å². The van der Waals surface area contributed by atoms with E-state index in [1.165, 1.54) is 51.4 Å². The van der Waals surface area contributed by atoms with Crippen molar-refractivity contribution in [2.45, 2.75) is 110 Å². The molecular formula is C27H45NO2. The summed E-state index contributed by atoms with van der Waals surface area (Å²) < 4.78 is 7.01. The zero-order chi connectivity index (χ0) is 20.9. The Hall–Kier alpha value is -0.120. The summed E-state index contributed by atoms with van der Waals surface area (Å²) in [6.07, 6.45) is 13.2. The highest BCUT2D eigenvalue weighted by Crippen LogP contribution is 2.71. The van der Waals surface area contributed by atoms with Crippen LogP contribution in [0.5, 0.6) is 0 Å². The SMILES string of the molecule is C[C@@H]1CC[C@@]2(NC1)OC1CC3C4CCC5C[C@@H](O)CC[C@]5(C)C4CC[C@]3(C)C1[C@@H]2C. The second-order valence-electron chi connectivity index (χ2n) is 13.3. The third-order valence-corrected chi connectivity index (χ3v) is 12.1. The van der Waals surface area contributed by atoms with E-state index < -0.39 is 0 Å². The van der Waals surface area contributed by atoms with E-state index in [1.807, 2.05) is 0 Å². The molecule has 0 amide bonds. The van der Waals surface area contributed by atoms with Gasteiger partial charge < -0.3 is 9.84 Å². The van der Waals surface area contributed by atoms with Crippen molar-refractivity contribution in [2.75, 3.05) is 6.54 Å². The third-order valence-electron chi connectivity index (χ3n) is 12.1. The number of nitrogens with one attached hydrogen (secondary N) is 1. The highest BCUT2D eigenvalue weighted by Gasteiger charge is 2.68. The molecule has 2 saturated heterocycles. The fraction of sp³-hybridized carbons (Fsp3) is 1.00. The number of fused-ring (bicyclic) bond motifs is 7. The van der Waals surface area contributed by atoms with Gasteiger partial charge >= 0.3 is 0 Å². The molecular weight excluding hydrogens is 370 g/mol. The van der Waals surface area contributed by atoms with Gasteiger partial charge in [-0.15, -0.1) is 0 Å². The quantitative estimate of drug-likeness (QED) is 0.559. The lowest BCUT2D eigenvalue weighted by molar-refractivity contribution is -0.140. The Kier molecular flexibility index (Phi) is 4.58. The van der Waals surface area contributed by atoms with Crippen LogP contribution >= 0.6 is 0 Å². The van der Waals surface area contributed by atoms with Gasteiger partial charge in [0.1, 0.15) is 5.72 Å². The molecule has 170 valence electrons. The summed E-state index contributed by atoms with van der Waals surface area (Å²) in [5.41, 5.74) is 0.919. The molecule has 1 spiro atoms. The van der Waals surface area contributed by atoms with E-state index in [2.05, 4.69) is 33.0 Å². The van der Waals surface area contributed by atoms with Crippen LogP contribution in [0, 0.1) is 52.3 Å². The zero-order valence-electron chi connectivity index (χ0n) is 19.8. The van der Waals surface area contributed by atoms with Crippen molar-refractivity contribution in [1.29, 1.82) is 0 Å². The lowest BCUT2D eigenvalue weighted by Crippen LogP contribution is -2.57. The highest BCUT2D eigenvalue weighted by molar-refractivity contribution is 5.16. The predicted molar refractivity (Wildman–Crippen MR) is 120 cm³/mol. The van der Waals surface area contributed by atoms with Crippen LogP contribution in [0.15, 0.2) is 0 Å². The number of ether oxygens (including phenoxy) is 1. The Morgan fingerprint density at radius 3 is 2.43 bits per heavy atom. The van der Waals surface area contributed by atoms with Crippen molar-refractivity contribution in [3.63, 3.8) is 0 Å². The lowest BCUT2D eigenvalue weighted by atomic mass is 9.44. The van der Waals surface area contributed by atoms with Crippen molar-refractivity contribution >= 4 is 0 Å². The van der Waals surface area contributed by atoms with Crippen LogP contribution in [0.4, 0.5) is 0 Å². The summed E-state index contributed by atoms with van der Waals surface area (Å²) in [4.78, 5) is 0. The number of hydrogen-bond acceptors (Lipinski definition) is 3. The summed E-state index contributed by atoms with van der Waals surface area (Å²) in [6, 6.07) is 0. The van der Waals surface area contributed by atoms with Crippen LogP contribution in [0.2, 0.25) is 0 Å². The Balaban J connectivity index is 1.26. The maximum Gasteiger partial charge on any atom is 0.122 e. The first-order chi connectivity index (χ1) is 14.3. The van der Waals surface area contributed by atoms with Gasteiger partial charge in [-0.3, -0.25) is 5.32 Å². The molecule has 6 fully saturated rings. The lowest BCUT2D eigenvalue weighted by Gasteiger charge is -2.61. The molecule has 6 aliphatic rings. The van der Waals surface area contributed by atoms with E-state index in [0.717, 1.165) is 54.9 Å². The summed E-state index contributed by atoms with van der Waals surface area (Å²) in [5.74, 6) is 5.57. The fourth-order valence-corrected chi connectivity index (χ4v) is 10.4. The standard InChI is InChI=1S/C27H45NO2/c1-16-7-12-27(28-15-16)17(2)24-23(30-27)14-22-20-6-5-18-13-19(29)8-10-25(18,3)21(20)9-11-26(22,24)4/h16-24,28-29H,5-15H2,1-4H3/t16-,17+,18?,19+,20?,21?,22?,23?,24?,25+,26+,27-/m1/s1. The van der Waals surface area contributed by atoms with E-state index >= 15 is 0 Å². The molecule has 6 unspecified atom stereocenters. The van der Waals surface area contributed by atoms with Crippen molar-refractivity contribution < 1.29 is 9.84 Å². The Morgan fingerprint density at radius 1 is 0.867 bits per heavy atom. The van der Waals surface area contributed by atoms with E-state index in [0.29, 0.717) is 22.9 Å². The first-order valence-corrected chi connectivity index (χ1v) is 13.4. The van der Waals surface area contributed by atoms with Crippen molar-refractivity contribution in [1.82, 2.24) is 5.32 Å².